The Hall–Kier alpha value is -2.06. The van der Waals surface area contributed by atoms with Gasteiger partial charge in [0.2, 0.25) is 5.76 Å². The van der Waals surface area contributed by atoms with Gasteiger partial charge in [-0.2, -0.15) is 0 Å². The van der Waals surface area contributed by atoms with Crippen molar-refractivity contribution in [2.45, 2.75) is 19.4 Å². The fraction of sp³-hybridized carbons (Fsp3) is 0.375. The van der Waals surface area contributed by atoms with E-state index >= 15 is 0 Å². The fourth-order valence-electron chi connectivity index (χ4n) is 2.76. The second-order valence-electron chi connectivity index (χ2n) is 5.94. The summed E-state index contributed by atoms with van der Waals surface area (Å²) >= 11 is 5.93. The minimum absolute atomic E-state index is 0.00788. The zero-order valence-corrected chi connectivity index (χ0v) is 14.9. The average Bonchev–Trinajstić information content (AvgIpc) is 3.05. The SMILES string of the molecule is Cc1c(C(=O)OCC(=O)N[C@H]2CCS(=O)(=O)C2)oc2ccc(Cl)cc12. The number of carbonyl (C=O) groups excluding carboxylic acids is 2. The molecule has 3 rings (SSSR count). The molecule has 1 aromatic heterocycles. The van der Waals surface area contributed by atoms with E-state index in [1.807, 2.05) is 0 Å². The van der Waals surface area contributed by atoms with Gasteiger partial charge in [0.25, 0.3) is 5.91 Å². The Kier molecular flexibility index (Phi) is 4.75. The number of fused-ring (bicyclic) bond motifs is 1. The molecule has 1 fully saturated rings. The summed E-state index contributed by atoms with van der Waals surface area (Å²) in [6.07, 6.45) is 0.367. The number of ether oxygens (including phenoxy) is 1. The molecule has 1 aromatic carbocycles. The van der Waals surface area contributed by atoms with Crippen LogP contribution in [0.1, 0.15) is 22.5 Å². The van der Waals surface area contributed by atoms with Gasteiger partial charge >= 0.3 is 5.97 Å². The molecule has 1 saturated heterocycles. The number of hydrogen-bond donors (Lipinski definition) is 1. The Morgan fingerprint density at radius 1 is 1.40 bits per heavy atom. The lowest BCUT2D eigenvalue weighted by Crippen LogP contribution is -2.38. The van der Waals surface area contributed by atoms with Gasteiger partial charge in [-0.05, 0) is 31.5 Å². The molecule has 7 nitrogen and oxygen atoms in total. The van der Waals surface area contributed by atoms with Gasteiger partial charge in [0.15, 0.2) is 16.4 Å². The van der Waals surface area contributed by atoms with Crippen molar-refractivity contribution in [1.29, 1.82) is 0 Å². The van der Waals surface area contributed by atoms with Crippen molar-refractivity contribution in [2.75, 3.05) is 18.1 Å². The van der Waals surface area contributed by atoms with Gasteiger partial charge in [0.05, 0.1) is 11.5 Å². The summed E-state index contributed by atoms with van der Waals surface area (Å²) in [6, 6.07) is 4.53. The number of halogens is 1. The van der Waals surface area contributed by atoms with Crippen LogP contribution in [-0.2, 0) is 19.4 Å². The van der Waals surface area contributed by atoms with Crippen molar-refractivity contribution in [3.05, 3.63) is 34.5 Å². The molecule has 9 heteroatoms. The molecular weight excluding hydrogens is 370 g/mol. The van der Waals surface area contributed by atoms with Gasteiger partial charge in [0, 0.05) is 22.0 Å². The first-order valence-corrected chi connectivity index (χ1v) is 9.81. The zero-order chi connectivity index (χ0) is 18.2. The van der Waals surface area contributed by atoms with Crippen LogP contribution in [0.4, 0.5) is 0 Å². The highest BCUT2D eigenvalue weighted by atomic mass is 35.5. The Bertz CT molecular complexity index is 949. The van der Waals surface area contributed by atoms with Crippen LogP contribution >= 0.6 is 11.6 Å². The Morgan fingerprint density at radius 3 is 2.84 bits per heavy atom. The second kappa shape index (κ2) is 6.68. The maximum absolute atomic E-state index is 12.1. The topological polar surface area (TPSA) is 103 Å². The molecule has 0 spiro atoms. The molecule has 0 aliphatic carbocycles. The first-order valence-electron chi connectivity index (χ1n) is 7.61. The van der Waals surface area contributed by atoms with Gasteiger partial charge in [-0.1, -0.05) is 11.6 Å². The monoisotopic (exact) mass is 385 g/mol. The number of aryl methyl sites for hydroxylation is 1. The van der Waals surface area contributed by atoms with E-state index in [9.17, 15) is 18.0 Å². The molecule has 1 N–H and O–H groups in total. The molecule has 134 valence electrons. The van der Waals surface area contributed by atoms with Crippen LogP contribution in [0.15, 0.2) is 22.6 Å². The van der Waals surface area contributed by atoms with Crippen LogP contribution in [0.3, 0.4) is 0 Å². The minimum atomic E-state index is -3.09. The van der Waals surface area contributed by atoms with Crippen LogP contribution in [-0.4, -0.2) is 44.4 Å². The number of esters is 1. The summed E-state index contributed by atoms with van der Waals surface area (Å²) in [7, 11) is -3.09. The van der Waals surface area contributed by atoms with Crippen LogP contribution in [0.2, 0.25) is 5.02 Å². The smallest absolute Gasteiger partial charge is 0.375 e. The maximum Gasteiger partial charge on any atom is 0.375 e. The van der Waals surface area contributed by atoms with E-state index in [1.54, 1.807) is 25.1 Å². The predicted molar refractivity (Wildman–Crippen MR) is 91.4 cm³/mol. The molecule has 1 atom stereocenters. The number of amides is 1. The molecule has 0 unspecified atom stereocenters. The zero-order valence-electron chi connectivity index (χ0n) is 13.4. The van der Waals surface area contributed by atoms with E-state index in [0.29, 0.717) is 28.0 Å². The highest BCUT2D eigenvalue weighted by molar-refractivity contribution is 7.91. The van der Waals surface area contributed by atoms with Crippen LogP contribution in [0.5, 0.6) is 0 Å². The fourth-order valence-corrected chi connectivity index (χ4v) is 4.61. The standard InChI is InChI=1S/C16H16ClNO6S/c1-9-12-6-10(17)2-3-13(12)24-15(9)16(20)23-7-14(19)18-11-4-5-25(21,22)8-11/h2-3,6,11H,4-5,7-8H2,1H3,(H,18,19)/t11-/m0/s1. The molecule has 2 aromatic rings. The summed E-state index contributed by atoms with van der Waals surface area (Å²) in [5.74, 6) is -1.34. The molecule has 0 bridgehead atoms. The second-order valence-corrected chi connectivity index (χ2v) is 8.61. The summed E-state index contributed by atoms with van der Waals surface area (Å²) < 4.78 is 33.2. The molecule has 2 heterocycles. The van der Waals surface area contributed by atoms with Gasteiger partial charge in [0.1, 0.15) is 5.58 Å². The number of furan rings is 1. The molecule has 1 amide bonds. The van der Waals surface area contributed by atoms with Gasteiger partial charge in [-0.15, -0.1) is 0 Å². The van der Waals surface area contributed by atoms with Crippen molar-refractivity contribution in [3.63, 3.8) is 0 Å². The average molecular weight is 386 g/mol. The number of hydrogen-bond acceptors (Lipinski definition) is 6. The Morgan fingerprint density at radius 2 is 2.16 bits per heavy atom. The maximum atomic E-state index is 12.1. The van der Waals surface area contributed by atoms with Gasteiger partial charge in [-0.3, -0.25) is 4.79 Å². The van der Waals surface area contributed by atoms with E-state index in [1.165, 1.54) is 0 Å². The summed E-state index contributed by atoms with van der Waals surface area (Å²) in [6.45, 7) is 1.19. The Balaban J connectivity index is 1.61. The van der Waals surface area contributed by atoms with Crippen LogP contribution in [0, 0.1) is 6.92 Å². The number of carbonyl (C=O) groups is 2. The van der Waals surface area contributed by atoms with Crippen molar-refractivity contribution in [1.82, 2.24) is 5.32 Å². The predicted octanol–water partition coefficient (Wildman–Crippen LogP) is 1.85. The number of nitrogens with one attached hydrogen (secondary N) is 1. The molecule has 0 saturated carbocycles. The summed E-state index contributed by atoms with van der Waals surface area (Å²) in [5.41, 5.74) is 1.07. The third kappa shape index (κ3) is 3.96. The summed E-state index contributed by atoms with van der Waals surface area (Å²) in [4.78, 5) is 24.0. The summed E-state index contributed by atoms with van der Waals surface area (Å²) in [5, 5.41) is 3.76. The normalized spacial score (nSPS) is 19.0. The minimum Gasteiger partial charge on any atom is -0.450 e. The van der Waals surface area contributed by atoms with Gasteiger partial charge < -0.3 is 14.5 Å². The van der Waals surface area contributed by atoms with Crippen molar-refractivity contribution in [3.8, 4) is 0 Å². The van der Waals surface area contributed by atoms with E-state index < -0.39 is 34.4 Å². The quantitative estimate of drug-likeness (QED) is 0.806. The lowest BCUT2D eigenvalue weighted by Gasteiger charge is -2.10. The van der Waals surface area contributed by atoms with E-state index in [-0.39, 0.29) is 17.3 Å². The van der Waals surface area contributed by atoms with Crippen LogP contribution < -0.4 is 5.32 Å². The lowest BCUT2D eigenvalue weighted by molar-refractivity contribution is -0.124. The number of sulfone groups is 1. The van der Waals surface area contributed by atoms with E-state index in [4.69, 9.17) is 20.8 Å². The largest absolute Gasteiger partial charge is 0.450 e. The lowest BCUT2D eigenvalue weighted by atomic mass is 10.1. The van der Waals surface area contributed by atoms with Crippen LogP contribution in [0.25, 0.3) is 11.0 Å². The van der Waals surface area contributed by atoms with Crippen molar-refractivity contribution < 1.29 is 27.2 Å². The third-order valence-corrected chi connectivity index (χ3v) is 6.02. The Labute approximate surface area is 149 Å². The van der Waals surface area contributed by atoms with E-state index in [0.717, 1.165) is 0 Å². The van der Waals surface area contributed by atoms with Gasteiger partial charge in [-0.25, -0.2) is 13.2 Å². The van der Waals surface area contributed by atoms with Crippen molar-refractivity contribution in [2.24, 2.45) is 0 Å². The highest BCUT2D eigenvalue weighted by Crippen LogP contribution is 2.28. The molecule has 1 aliphatic rings. The highest BCUT2D eigenvalue weighted by Gasteiger charge is 2.29. The number of rotatable bonds is 4. The van der Waals surface area contributed by atoms with Crippen molar-refractivity contribution >= 4 is 44.3 Å². The molecule has 1 aliphatic heterocycles. The molecule has 0 radical (unpaired) electrons. The first-order chi connectivity index (χ1) is 11.7. The molecular formula is C16H16ClNO6S. The molecule has 25 heavy (non-hydrogen) atoms. The first kappa shape index (κ1) is 17.8. The van der Waals surface area contributed by atoms with E-state index in [2.05, 4.69) is 5.32 Å². The third-order valence-electron chi connectivity index (χ3n) is 4.02. The number of benzene rings is 1.